The van der Waals surface area contributed by atoms with E-state index in [4.69, 9.17) is 4.42 Å². The highest BCUT2D eigenvalue weighted by Crippen LogP contribution is 2.28. The molecule has 0 saturated carbocycles. The van der Waals surface area contributed by atoms with Crippen molar-refractivity contribution < 1.29 is 17.6 Å². The third-order valence-corrected chi connectivity index (χ3v) is 9.02. The molecule has 0 bridgehead atoms. The predicted octanol–water partition coefficient (Wildman–Crippen LogP) is 3.42. The molecule has 0 aromatic carbocycles. The normalized spacial score (nSPS) is 15.1. The SMILES string of the molecule is Cc1oc(-c2cccs2)nc1CC(=O)NCc1ccc(S(=O)(=O)N2CCCC2)s1. The van der Waals surface area contributed by atoms with Gasteiger partial charge in [-0.3, -0.25) is 4.79 Å². The van der Waals surface area contributed by atoms with E-state index in [1.807, 2.05) is 17.5 Å². The summed E-state index contributed by atoms with van der Waals surface area (Å²) in [6.45, 7) is 3.24. The van der Waals surface area contributed by atoms with Crippen molar-refractivity contribution in [1.29, 1.82) is 0 Å². The van der Waals surface area contributed by atoms with Crippen LogP contribution in [0.15, 0.2) is 38.3 Å². The van der Waals surface area contributed by atoms with Gasteiger partial charge in [-0.05, 0) is 43.3 Å². The van der Waals surface area contributed by atoms with E-state index in [-0.39, 0.29) is 18.9 Å². The Morgan fingerprint density at radius 1 is 1.28 bits per heavy atom. The van der Waals surface area contributed by atoms with E-state index in [0.29, 0.717) is 34.6 Å². The minimum atomic E-state index is -3.41. The number of aromatic nitrogens is 1. The van der Waals surface area contributed by atoms with Gasteiger partial charge >= 0.3 is 0 Å². The van der Waals surface area contributed by atoms with Crippen molar-refractivity contribution in [3.05, 3.63) is 46.0 Å². The molecule has 3 aromatic heterocycles. The molecule has 4 heterocycles. The first-order chi connectivity index (χ1) is 13.9. The second-order valence-corrected chi connectivity index (χ2v) is 11.1. The summed E-state index contributed by atoms with van der Waals surface area (Å²) in [5.74, 6) is 0.963. The largest absolute Gasteiger partial charge is 0.440 e. The van der Waals surface area contributed by atoms with Crippen LogP contribution in [0.4, 0.5) is 0 Å². The van der Waals surface area contributed by atoms with E-state index < -0.39 is 10.0 Å². The summed E-state index contributed by atoms with van der Waals surface area (Å²) >= 11 is 2.73. The number of carbonyl (C=O) groups is 1. The zero-order chi connectivity index (χ0) is 20.4. The van der Waals surface area contributed by atoms with Crippen LogP contribution in [0.2, 0.25) is 0 Å². The fourth-order valence-electron chi connectivity index (χ4n) is 3.15. The number of carbonyl (C=O) groups excluding carboxylic acids is 1. The van der Waals surface area contributed by atoms with Crippen molar-refractivity contribution in [3.8, 4) is 10.8 Å². The number of aryl methyl sites for hydroxylation is 1. The molecule has 0 unspecified atom stereocenters. The molecule has 0 spiro atoms. The zero-order valence-corrected chi connectivity index (χ0v) is 18.3. The van der Waals surface area contributed by atoms with E-state index in [1.54, 1.807) is 19.1 Å². The Balaban J connectivity index is 1.35. The lowest BCUT2D eigenvalue weighted by atomic mass is 10.2. The molecule has 7 nitrogen and oxygen atoms in total. The highest BCUT2D eigenvalue weighted by Gasteiger charge is 2.28. The van der Waals surface area contributed by atoms with Gasteiger partial charge in [-0.25, -0.2) is 13.4 Å². The number of oxazole rings is 1. The van der Waals surface area contributed by atoms with Crippen molar-refractivity contribution in [2.75, 3.05) is 13.1 Å². The van der Waals surface area contributed by atoms with E-state index in [9.17, 15) is 13.2 Å². The smallest absolute Gasteiger partial charge is 0.252 e. The van der Waals surface area contributed by atoms with Crippen molar-refractivity contribution in [1.82, 2.24) is 14.6 Å². The van der Waals surface area contributed by atoms with Crippen LogP contribution in [0, 0.1) is 6.92 Å². The maximum Gasteiger partial charge on any atom is 0.252 e. The first-order valence-corrected chi connectivity index (χ1v) is 12.4. The first-order valence-electron chi connectivity index (χ1n) is 9.29. The summed E-state index contributed by atoms with van der Waals surface area (Å²) in [4.78, 5) is 18.5. The number of rotatable bonds is 7. The molecule has 29 heavy (non-hydrogen) atoms. The van der Waals surface area contributed by atoms with Gasteiger partial charge < -0.3 is 9.73 Å². The lowest BCUT2D eigenvalue weighted by Crippen LogP contribution is -2.27. The summed E-state index contributed by atoms with van der Waals surface area (Å²) in [6.07, 6.45) is 1.93. The maximum absolute atomic E-state index is 12.6. The number of thiophene rings is 2. The first kappa shape index (κ1) is 20.3. The Morgan fingerprint density at radius 2 is 2.07 bits per heavy atom. The van der Waals surface area contributed by atoms with Gasteiger partial charge in [0.05, 0.1) is 23.5 Å². The molecule has 3 aromatic rings. The Hall–Kier alpha value is -2.01. The standard InChI is InChI=1S/C19H21N3O4S3/c1-13-15(21-19(26-13)16-5-4-10-27-16)11-17(23)20-12-14-6-7-18(28-14)29(24,25)22-8-2-3-9-22/h4-7,10H,2-3,8-9,11-12H2,1H3,(H,20,23). The van der Waals surface area contributed by atoms with Crippen LogP contribution >= 0.6 is 22.7 Å². The van der Waals surface area contributed by atoms with Crippen molar-refractivity contribution >= 4 is 38.6 Å². The Morgan fingerprint density at radius 3 is 2.79 bits per heavy atom. The number of hydrogen-bond acceptors (Lipinski definition) is 7. The summed E-state index contributed by atoms with van der Waals surface area (Å²) in [7, 11) is -3.41. The summed E-state index contributed by atoms with van der Waals surface area (Å²) in [5, 5.41) is 4.78. The van der Waals surface area contributed by atoms with Gasteiger partial charge in [-0.15, -0.1) is 22.7 Å². The molecular weight excluding hydrogens is 430 g/mol. The average Bonchev–Trinajstić information content (AvgIpc) is 3.46. The highest BCUT2D eigenvalue weighted by atomic mass is 32.2. The van der Waals surface area contributed by atoms with Crippen LogP contribution in [0.5, 0.6) is 0 Å². The third kappa shape index (κ3) is 4.45. The second kappa shape index (κ2) is 8.39. The quantitative estimate of drug-likeness (QED) is 0.594. The van der Waals surface area contributed by atoms with E-state index >= 15 is 0 Å². The lowest BCUT2D eigenvalue weighted by molar-refractivity contribution is -0.120. The minimum absolute atomic E-state index is 0.116. The fraction of sp³-hybridized carbons (Fsp3) is 0.368. The molecule has 1 saturated heterocycles. The number of hydrogen-bond donors (Lipinski definition) is 1. The minimum Gasteiger partial charge on any atom is -0.440 e. The number of nitrogens with zero attached hydrogens (tertiary/aromatic N) is 2. The number of nitrogens with one attached hydrogen (secondary N) is 1. The molecule has 1 aliphatic heterocycles. The fourth-order valence-corrected chi connectivity index (χ4v) is 6.76. The molecule has 0 aliphatic carbocycles. The second-order valence-electron chi connectivity index (χ2n) is 6.78. The van der Waals surface area contributed by atoms with Crippen molar-refractivity contribution in [2.24, 2.45) is 0 Å². The Bertz CT molecular complexity index is 1090. The molecule has 1 amide bonds. The lowest BCUT2D eigenvalue weighted by Gasteiger charge is -2.13. The molecule has 4 rings (SSSR count). The van der Waals surface area contributed by atoms with Crippen LogP contribution in [-0.2, 0) is 27.8 Å². The van der Waals surface area contributed by atoms with Gasteiger partial charge in [0.15, 0.2) is 0 Å². The van der Waals surface area contributed by atoms with Gasteiger partial charge in [0.1, 0.15) is 9.97 Å². The van der Waals surface area contributed by atoms with Gasteiger partial charge in [0, 0.05) is 18.0 Å². The molecule has 154 valence electrons. The van der Waals surface area contributed by atoms with Crippen LogP contribution in [0.3, 0.4) is 0 Å². The molecule has 0 atom stereocenters. The van der Waals surface area contributed by atoms with Gasteiger partial charge in [0.25, 0.3) is 10.0 Å². The van der Waals surface area contributed by atoms with E-state index in [2.05, 4.69) is 10.3 Å². The molecule has 0 radical (unpaired) electrons. The average molecular weight is 452 g/mol. The predicted molar refractivity (Wildman–Crippen MR) is 112 cm³/mol. The highest BCUT2D eigenvalue weighted by molar-refractivity contribution is 7.91. The number of amides is 1. The van der Waals surface area contributed by atoms with E-state index in [0.717, 1.165) is 22.6 Å². The van der Waals surface area contributed by atoms with Gasteiger partial charge in [-0.2, -0.15) is 4.31 Å². The Kier molecular flexibility index (Phi) is 5.86. The topological polar surface area (TPSA) is 92.5 Å². The summed E-state index contributed by atoms with van der Waals surface area (Å²) in [5.41, 5.74) is 0.606. The molecule has 10 heteroatoms. The van der Waals surface area contributed by atoms with Gasteiger partial charge in [-0.1, -0.05) is 6.07 Å². The number of sulfonamides is 1. The summed E-state index contributed by atoms with van der Waals surface area (Å²) in [6, 6.07) is 7.22. The zero-order valence-electron chi connectivity index (χ0n) is 15.9. The van der Waals surface area contributed by atoms with Crippen molar-refractivity contribution in [2.45, 2.75) is 36.9 Å². The van der Waals surface area contributed by atoms with E-state index in [1.165, 1.54) is 27.0 Å². The monoisotopic (exact) mass is 451 g/mol. The molecular formula is C19H21N3O4S3. The Labute approximate surface area is 177 Å². The summed E-state index contributed by atoms with van der Waals surface area (Å²) < 4.78 is 32.7. The molecule has 1 aliphatic rings. The van der Waals surface area contributed by atoms with Crippen LogP contribution in [0.1, 0.15) is 29.2 Å². The van der Waals surface area contributed by atoms with Crippen molar-refractivity contribution in [3.63, 3.8) is 0 Å². The van der Waals surface area contributed by atoms with Gasteiger partial charge in [0.2, 0.25) is 11.8 Å². The molecule has 1 N–H and O–H groups in total. The van der Waals surface area contributed by atoms with Crippen LogP contribution in [-0.4, -0.2) is 36.7 Å². The molecule has 1 fully saturated rings. The third-order valence-electron chi connectivity index (χ3n) is 4.71. The van der Waals surface area contributed by atoms with Crippen LogP contribution < -0.4 is 5.32 Å². The van der Waals surface area contributed by atoms with Crippen LogP contribution in [0.25, 0.3) is 10.8 Å². The maximum atomic E-state index is 12.6.